The molecule has 0 aliphatic heterocycles. The quantitative estimate of drug-likeness (QED) is 0.828. The average Bonchev–Trinajstić information content (AvgIpc) is 2.55. The number of aromatic nitrogens is 2. The molecule has 23 heavy (non-hydrogen) atoms. The molecule has 2 aromatic rings. The minimum atomic E-state index is -0.424. The van der Waals surface area contributed by atoms with Gasteiger partial charge in [-0.2, -0.15) is 0 Å². The van der Waals surface area contributed by atoms with E-state index in [4.69, 9.17) is 0 Å². The van der Waals surface area contributed by atoms with Gasteiger partial charge < -0.3 is 10.2 Å². The number of carbonyl (C=O) groups excluding carboxylic acids is 1. The zero-order chi connectivity index (χ0) is 16.7. The summed E-state index contributed by atoms with van der Waals surface area (Å²) in [6.07, 6.45) is 2.96. The second-order valence-electron chi connectivity index (χ2n) is 5.46. The lowest BCUT2D eigenvalue weighted by molar-refractivity contribution is -0.121. The number of hydrogen-bond acceptors (Lipinski definition) is 4. The second-order valence-corrected chi connectivity index (χ2v) is 5.46. The van der Waals surface area contributed by atoms with Crippen LogP contribution in [0.3, 0.4) is 0 Å². The molecule has 122 valence electrons. The molecule has 1 N–H and O–H groups in total. The summed E-state index contributed by atoms with van der Waals surface area (Å²) >= 11 is 0. The van der Waals surface area contributed by atoms with Crippen LogP contribution in [0, 0.1) is 0 Å². The summed E-state index contributed by atoms with van der Waals surface area (Å²) in [7, 11) is 2.07. The molecule has 0 unspecified atom stereocenters. The Bertz CT molecular complexity index is 711. The number of amides is 1. The highest BCUT2D eigenvalue weighted by Crippen LogP contribution is 2.07. The molecule has 0 aliphatic carbocycles. The number of nitrogens with one attached hydrogen (secondary N) is 1. The molecule has 6 heteroatoms. The third-order valence-electron chi connectivity index (χ3n) is 3.57. The first-order chi connectivity index (χ1) is 11.1. The van der Waals surface area contributed by atoms with E-state index < -0.39 is 5.69 Å². The maximum Gasteiger partial charge on any atom is 0.347 e. The predicted molar refractivity (Wildman–Crippen MR) is 88.8 cm³/mol. The molecule has 0 saturated carbocycles. The molecular weight excluding hydrogens is 292 g/mol. The highest BCUT2D eigenvalue weighted by molar-refractivity contribution is 5.75. The van der Waals surface area contributed by atoms with Crippen LogP contribution < -0.4 is 11.0 Å². The van der Waals surface area contributed by atoms with Crippen LogP contribution in [0.1, 0.15) is 18.1 Å². The van der Waals surface area contributed by atoms with Gasteiger partial charge in [0, 0.05) is 25.5 Å². The minimum Gasteiger partial charge on any atom is -0.350 e. The van der Waals surface area contributed by atoms with Crippen LogP contribution >= 0.6 is 0 Å². The van der Waals surface area contributed by atoms with Gasteiger partial charge in [-0.1, -0.05) is 31.2 Å². The number of carbonyl (C=O) groups is 1. The van der Waals surface area contributed by atoms with Crippen molar-refractivity contribution in [2.75, 3.05) is 13.6 Å². The summed E-state index contributed by atoms with van der Waals surface area (Å²) in [5.41, 5.74) is 1.83. The van der Waals surface area contributed by atoms with Gasteiger partial charge in [0.2, 0.25) is 5.91 Å². The molecule has 1 heterocycles. The minimum absolute atomic E-state index is 0.0229. The lowest BCUT2D eigenvalue weighted by atomic mass is 10.1. The Kier molecular flexibility index (Phi) is 6.05. The predicted octanol–water partition coefficient (Wildman–Crippen LogP) is 1.01. The van der Waals surface area contributed by atoms with Crippen LogP contribution in [-0.4, -0.2) is 34.0 Å². The highest BCUT2D eigenvalue weighted by Gasteiger charge is 2.05. The fourth-order valence-electron chi connectivity index (χ4n) is 2.18. The van der Waals surface area contributed by atoms with Crippen LogP contribution in [-0.2, 0) is 24.4 Å². The van der Waals surface area contributed by atoms with Gasteiger partial charge in [-0.25, -0.2) is 9.78 Å². The van der Waals surface area contributed by atoms with Crippen molar-refractivity contribution in [1.29, 1.82) is 0 Å². The lowest BCUT2D eigenvalue weighted by Crippen LogP contribution is -2.32. The van der Waals surface area contributed by atoms with Crippen LogP contribution in [0.5, 0.6) is 0 Å². The van der Waals surface area contributed by atoms with Crippen molar-refractivity contribution in [3.63, 3.8) is 0 Å². The van der Waals surface area contributed by atoms with E-state index in [1.54, 1.807) is 12.3 Å². The van der Waals surface area contributed by atoms with E-state index in [9.17, 15) is 9.59 Å². The van der Waals surface area contributed by atoms with Gasteiger partial charge in [-0.15, -0.1) is 0 Å². The van der Waals surface area contributed by atoms with E-state index in [1.807, 2.05) is 12.1 Å². The van der Waals surface area contributed by atoms with E-state index in [1.165, 1.54) is 16.3 Å². The Hall–Kier alpha value is -2.47. The molecule has 0 radical (unpaired) electrons. The van der Waals surface area contributed by atoms with Crippen molar-refractivity contribution in [1.82, 2.24) is 19.8 Å². The third-order valence-corrected chi connectivity index (χ3v) is 3.57. The fourth-order valence-corrected chi connectivity index (χ4v) is 2.18. The van der Waals surface area contributed by atoms with Crippen LogP contribution in [0.25, 0.3) is 0 Å². The molecule has 0 fully saturated rings. The molecule has 0 bridgehead atoms. The molecule has 2 rings (SSSR count). The number of hydrogen-bond donors (Lipinski definition) is 1. The lowest BCUT2D eigenvalue weighted by Gasteiger charge is -2.14. The van der Waals surface area contributed by atoms with Crippen molar-refractivity contribution in [3.05, 3.63) is 64.3 Å². The summed E-state index contributed by atoms with van der Waals surface area (Å²) < 4.78 is 1.28. The Morgan fingerprint density at radius 1 is 1.30 bits per heavy atom. The van der Waals surface area contributed by atoms with E-state index >= 15 is 0 Å². The number of benzene rings is 1. The van der Waals surface area contributed by atoms with Crippen LogP contribution in [0.2, 0.25) is 0 Å². The maximum absolute atomic E-state index is 11.9. The van der Waals surface area contributed by atoms with E-state index in [2.05, 4.69) is 41.3 Å². The first-order valence-electron chi connectivity index (χ1n) is 7.63. The monoisotopic (exact) mass is 314 g/mol. The molecule has 0 spiro atoms. The molecular formula is C17H22N4O2. The van der Waals surface area contributed by atoms with E-state index in [-0.39, 0.29) is 12.5 Å². The largest absolute Gasteiger partial charge is 0.350 e. The summed E-state index contributed by atoms with van der Waals surface area (Å²) in [5, 5.41) is 2.83. The van der Waals surface area contributed by atoms with Gasteiger partial charge in [0.25, 0.3) is 0 Å². The SMILES string of the molecule is CCN(C)Cc1cccc(CNC(=O)Cn2cccnc2=O)c1. The topological polar surface area (TPSA) is 67.2 Å². The van der Waals surface area contributed by atoms with Crippen LogP contribution in [0.15, 0.2) is 47.5 Å². The molecule has 0 saturated heterocycles. The zero-order valence-corrected chi connectivity index (χ0v) is 13.5. The highest BCUT2D eigenvalue weighted by atomic mass is 16.2. The molecule has 1 aromatic carbocycles. The molecule has 0 aliphatic rings. The van der Waals surface area contributed by atoms with Gasteiger partial charge in [0.05, 0.1) is 0 Å². The molecule has 1 amide bonds. The van der Waals surface area contributed by atoms with Crippen molar-refractivity contribution >= 4 is 5.91 Å². The van der Waals surface area contributed by atoms with Crippen molar-refractivity contribution in [2.45, 2.75) is 26.6 Å². The third kappa shape index (κ3) is 5.34. The second kappa shape index (κ2) is 8.24. The Morgan fingerprint density at radius 3 is 2.83 bits per heavy atom. The van der Waals surface area contributed by atoms with Gasteiger partial charge >= 0.3 is 5.69 Å². The van der Waals surface area contributed by atoms with Crippen molar-refractivity contribution in [2.24, 2.45) is 0 Å². The van der Waals surface area contributed by atoms with Crippen LogP contribution in [0.4, 0.5) is 0 Å². The Morgan fingerprint density at radius 2 is 2.09 bits per heavy atom. The summed E-state index contributed by atoms with van der Waals surface area (Å²) in [4.78, 5) is 29.2. The molecule has 0 atom stereocenters. The van der Waals surface area contributed by atoms with Crippen molar-refractivity contribution < 1.29 is 4.79 Å². The first-order valence-corrected chi connectivity index (χ1v) is 7.63. The van der Waals surface area contributed by atoms with E-state index in [0.29, 0.717) is 6.54 Å². The van der Waals surface area contributed by atoms with Gasteiger partial charge in [0.1, 0.15) is 6.54 Å². The van der Waals surface area contributed by atoms with Gasteiger partial charge in [0.15, 0.2) is 0 Å². The van der Waals surface area contributed by atoms with E-state index in [0.717, 1.165) is 18.7 Å². The standard InChI is InChI=1S/C17H22N4O2/c1-3-20(2)12-15-7-4-6-14(10-15)11-19-16(22)13-21-9-5-8-18-17(21)23/h4-10H,3,11-13H2,1-2H3,(H,19,22). The normalized spacial score (nSPS) is 10.7. The number of rotatable bonds is 7. The average molecular weight is 314 g/mol. The van der Waals surface area contributed by atoms with Gasteiger partial charge in [-0.3, -0.25) is 9.36 Å². The van der Waals surface area contributed by atoms with Crippen molar-refractivity contribution in [3.8, 4) is 0 Å². The molecule has 1 aromatic heterocycles. The number of nitrogens with zero attached hydrogens (tertiary/aromatic N) is 3. The molecule has 6 nitrogen and oxygen atoms in total. The zero-order valence-electron chi connectivity index (χ0n) is 13.5. The summed E-state index contributed by atoms with van der Waals surface area (Å²) in [5.74, 6) is -0.212. The Labute approximate surface area is 135 Å². The maximum atomic E-state index is 11.9. The summed E-state index contributed by atoms with van der Waals surface area (Å²) in [6, 6.07) is 9.76. The van der Waals surface area contributed by atoms with Gasteiger partial charge in [-0.05, 0) is 30.8 Å². The summed E-state index contributed by atoms with van der Waals surface area (Å²) in [6.45, 7) is 4.40. The smallest absolute Gasteiger partial charge is 0.347 e. The fraction of sp³-hybridized carbons (Fsp3) is 0.353. The Balaban J connectivity index is 1.90. The first kappa shape index (κ1) is 16.9.